The van der Waals surface area contributed by atoms with Crippen LogP contribution < -0.4 is 0 Å². The van der Waals surface area contributed by atoms with Crippen molar-refractivity contribution < 1.29 is 123 Å². The number of ether oxygens (including phenoxy) is 11. The van der Waals surface area contributed by atoms with Crippen LogP contribution in [0.5, 0.6) is 0 Å². The standard InChI is InChI=1S/C52H82O25/c1-17-15-68-52(45(66)41(17)74-47-39(64)36(61)33(58)19(3)69-47)18(2)32-28(77-52)12-25-24-9-8-22-10-23(55)11-31(50(22,6)26(24)13-30(57)51(25,32)7)73-49-44(76-48-40(65)37(62)42(20(4)70-48)71-21(5)54)43(35(60)29(14-53)72-49)75-46-38(63)34(59)27(56)16-67-46/h8,17-20,23-49,53,55-66H,9-16H2,1-7H3/t17-,18+,19-,20+,23-,24+,25+,26+,27-,28+,29-,30-,31-,32+,33+,34+,35-,36+,37+,38-,39-,40-,41+,42+,43+,44-,45+,46+,47+,48+,49+,50+,51-,52+/m1/s1. The van der Waals surface area contributed by atoms with Crippen molar-refractivity contribution in [1.82, 2.24) is 0 Å². The van der Waals surface area contributed by atoms with Crippen molar-refractivity contribution in [3.63, 3.8) is 0 Å². The van der Waals surface area contributed by atoms with Gasteiger partial charge >= 0.3 is 5.97 Å². The Balaban J connectivity index is 0.929. The number of allylic oxidation sites excluding steroid dienone is 1. The molecule has 25 heteroatoms. The van der Waals surface area contributed by atoms with Gasteiger partial charge in [0.1, 0.15) is 79.4 Å². The second kappa shape index (κ2) is 21.8. The maximum Gasteiger partial charge on any atom is 0.303 e. The number of carbonyl (C=O) groups is 1. The van der Waals surface area contributed by atoms with E-state index >= 15 is 0 Å². The summed E-state index contributed by atoms with van der Waals surface area (Å²) in [5.74, 6) is -4.11. The highest BCUT2D eigenvalue weighted by Crippen LogP contribution is 2.71. The predicted octanol–water partition coefficient (Wildman–Crippen LogP) is -3.84. The molecule has 0 unspecified atom stereocenters. The molecule has 3 saturated carbocycles. The lowest BCUT2D eigenvalue weighted by Crippen LogP contribution is -2.67. The number of hydrogen-bond donors (Lipinski definition) is 13. The van der Waals surface area contributed by atoms with Crippen LogP contribution in [0, 0.1) is 46.3 Å². The van der Waals surface area contributed by atoms with E-state index in [1.807, 2.05) is 20.8 Å². The molecular formula is C52H82O25. The zero-order chi connectivity index (χ0) is 55.7. The minimum atomic E-state index is -1.89. The third kappa shape index (κ3) is 9.58. The Hall–Kier alpha value is -1.71. The molecule has 440 valence electrons. The van der Waals surface area contributed by atoms with Gasteiger partial charge in [0, 0.05) is 41.9 Å². The van der Waals surface area contributed by atoms with Crippen LogP contribution >= 0.6 is 0 Å². The maximum absolute atomic E-state index is 12.8. The lowest BCUT2D eigenvalue weighted by atomic mass is 9.45. The van der Waals surface area contributed by atoms with Crippen molar-refractivity contribution >= 4 is 5.97 Å². The Kier molecular flexibility index (Phi) is 16.6. The fourth-order valence-electron chi connectivity index (χ4n) is 15.7. The van der Waals surface area contributed by atoms with Gasteiger partial charge in [-0.3, -0.25) is 4.79 Å². The summed E-state index contributed by atoms with van der Waals surface area (Å²) >= 11 is 0. The van der Waals surface area contributed by atoms with Crippen molar-refractivity contribution in [2.75, 3.05) is 19.8 Å². The van der Waals surface area contributed by atoms with Gasteiger partial charge in [0.15, 0.2) is 37.1 Å². The number of carbonyl (C=O) groups excluding carboxylic acids is 1. The first-order valence-corrected chi connectivity index (χ1v) is 27.4. The molecule has 0 bridgehead atoms. The van der Waals surface area contributed by atoms with Crippen LogP contribution in [0.25, 0.3) is 0 Å². The highest BCUT2D eigenvalue weighted by Gasteiger charge is 2.74. The van der Waals surface area contributed by atoms with E-state index in [0.29, 0.717) is 12.8 Å². The number of esters is 1. The van der Waals surface area contributed by atoms with E-state index in [4.69, 9.17) is 52.1 Å². The lowest BCUT2D eigenvalue weighted by molar-refractivity contribution is -0.393. The number of hydrogen-bond acceptors (Lipinski definition) is 25. The molecule has 0 aromatic rings. The SMILES string of the molecule is CC(=O)O[C@@H]1[C@@H](O)[C@@H](O)[C@H](O[C@H]2[C@H](O[C@@H]3C[C@H](O)CC4=CC[C@@H]5[C@H](C[C@@H](O)[C@]6(C)[C@@H]7[C@H](C[C@@H]56)O[C@@]5(OC[C@@H](C)[C@H](O[C@@H]6O[C@H](C)[C@H](O)[C@H](O)[C@H]6O)[C@@H]5O)[C@H]7C)[C@]43C)O[C@H](CO)[C@@H](O)[C@@H]2O[C@@H]2OC[C@@H](O)[C@H](O)[C@H]2O)O[C@H]1C. The Bertz CT molecular complexity index is 2120. The molecule has 0 radical (unpaired) electrons. The maximum atomic E-state index is 12.8. The minimum Gasteiger partial charge on any atom is -0.457 e. The fourth-order valence-corrected chi connectivity index (χ4v) is 15.7. The summed E-state index contributed by atoms with van der Waals surface area (Å²) in [4.78, 5) is 11.9. The minimum absolute atomic E-state index is 0.0304. The van der Waals surface area contributed by atoms with E-state index in [2.05, 4.69) is 13.0 Å². The van der Waals surface area contributed by atoms with Crippen LogP contribution in [0.2, 0.25) is 0 Å². The van der Waals surface area contributed by atoms with Crippen molar-refractivity contribution in [3.8, 4) is 0 Å². The molecular weight excluding hydrogens is 1020 g/mol. The summed E-state index contributed by atoms with van der Waals surface area (Å²) in [5, 5.41) is 145. The van der Waals surface area contributed by atoms with E-state index in [0.717, 1.165) is 12.5 Å². The van der Waals surface area contributed by atoms with Gasteiger partial charge in [-0.2, -0.15) is 0 Å². The van der Waals surface area contributed by atoms with Gasteiger partial charge in [0.05, 0.1) is 62.5 Å². The molecule has 25 nitrogen and oxygen atoms in total. The Morgan fingerprint density at radius 1 is 0.662 bits per heavy atom. The highest BCUT2D eigenvalue weighted by atomic mass is 16.8. The quantitative estimate of drug-likeness (QED) is 0.0736. The molecule has 1 spiro atoms. The van der Waals surface area contributed by atoms with E-state index in [1.54, 1.807) is 6.92 Å². The topological polar surface area (TPSA) is 382 Å². The molecule has 0 aromatic heterocycles. The van der Waals surface area contributed by atoms with E-state index < -0.39 is 201 Å². The van der Waals surface area contributed by atoms with Crippen LogP contribution in [0.15, 0.2) is 11.6 Å². The molecule has 34 atom stereocenters. The average Bonchev–Trinajstić information content (AvgIpc) is 3.85. The van der Waals surface area contributed by atoms with Gasteiger partial charge in [-0.25, -0.2) is 0 Å². The Labute approximate surface area is 445 Å². The van der Waals surface area contributed by atoms with E-state index in [-0.39, 0.29) is 49.5 Å². The molecule has 10 rings (SSSR count). The van der Waals surface area contributed by atoms with Crippen LogP contribution in [-0.4, -0.2) is 251 Å². The first kappa shape index (κ1) is 58.5. The Morgan fingerprint density at radius 3 is 2.00 bits per heavy atom. The third-order valence-corrected chi connectivity index (χ3v) is 20.0. The number of fused-ring (bicyclic) bond motifs is 7. The van der Waals surface area contributed by atoms with Gasteiger partial charge in [0.25, 0.3) is 0 Å². The lowest BCUT2D eigenvalue weighted by Gasteiger charge is -2.62. The van der Waals surface area contributed by atoms with Gasteiger partial charge in [-0.15, -0.1) is 0 Å². The van der Waals surface area contributed by atoms with Crippen molar-refractivity contribution in [1.29, 1.82) is 0 Å². The average molecular weight is 1110 g/mol. The number of rotatable bonds is 10. The number of aliphatic hydroxyl groups is 13. The molecule has 4 aliphatic carbocycles. The molecule has 6 heterocycles. The second-order valence-corrected chi connectivity index (χ2v) is 24.3. The Morgan fingerprint density at radius 2 is 1.31 bits per heavy atom. The first-order valence-electron chi connectivity index (χ1n) is 27.4. The molecule has 6 aliphatic heterocycles. The number of aliphatic hydroxyl groups excluding tert-OH is 13. The highest BCUT2D eigenvalue weighted by molar-refractivity contribution is 5.66. The molecule has 6 saturated heterocycles. The monoisotopic (exact) mass is 1110 g/mol. The first-order chi connectivity index (χ1) is 36.3. The molecule has 0 amide bonds. The van der Waals surface area contributed by atoms with Crippen LogP contribution in [-0.2, 0) is 56.9 Å². The van der Waals surface area contributed by atoms with Crippen LogP contribution in [0.4, 0.5) is 0 Å². The molecule has 9 fully saturated rings. The summed E-state index contributed by atoms with van der Waals surface area (Å²) in [6, 6.07) is 0. The molecule has 0 aromatic carbocycles. The molecule has 13 N–H and O–H groups in total. The zero-order valence-corrected chi connectivity index (χ0v) is 44.3. The van der Waals surface area contributed by atoms with E-state index in [9.17, 15) is 71.2 Å². The fraction of sp³-hybridized carbons (Fsp3) is 0.942. The summed E-state index contributed by atoms with van der Waals surface area (Å²) in [5.41, 5.74) is -0.852. The largest absolute Gasteiger partial charge is 0.457 e. The molecule has 77 heavy (non-hydrogen) atoms. The zero-order valence-electron chi connectivity index (χ0n) is 44.3. The van der Waals surface area contributed by atoms with Crippen molar-refractivity contribution in [3.05, 3.63) is 11.6 Å². The van der Waals surface area contributed by atoms with Crippen molar-refractivity contribution in [2.45, 2.75) is 240 Å². The van der Waals surface area contributed by atoms with Gasteiger partial charge in [-0.1, -0.05) is 39.3 Å². The predicted molar refractivity (Wildman–Crippen MR) is 255 cm³/mol. The second-order valence-electron chi connectivity index (χ2n) is 24.3. The summed E-state index contributed by atoms with van der Waals surface area (Å²) in [7, 11) is 0. The summed E-state index contributed by atoms with van der Waals surface area (Å²) < 4.78 is 68.2. The summed E-state index contributed by atoms with van der Waals surface area (Å²) in [6.07, 6.45) is -31.5. The van der Waals surface area contributed by atoms with Gasteiger partial charge in [-0.05, 0) is 57.3 Å². The smallest absolute Gasteiger partial charge is 0.303 e. The van der Waals surface area contributed by atoms with Gasteiger partial charge < -0.3 is 118 Å². The van der Waals surface area contributed by atoms with Gasteiger partial charge in [0.2, 0.25) is 0 Å². The third-order valence-electron chi connectivity index (χ3n) is 20.0. The van der Waals surface area contributed by atoms with E-state index in [1.165, 1.54) is 6.92 Å². The van der Waals surface area contributed by atoms with Crippen LogP contribution in [0.1, 0.15) is 80.6 Å². The normalized spacial score (nSPS) is 57.6. The molecule has 10 aliphatic rings. The van der Waals surface area contributed by atoms with Crippen LogP contribution in [0.3, 0.4) is 0 Å². The van der Waals surface area contributed by atoms with Crippen molar-refractivity contribution in [2.24, 2.45) is 46.3 Å². The summed E-state index contributed by atoms with van der Waals surface area (Å²) in [6.45, 7) is 10.8.